The lowest BCUT2D eigenvalue weighted by atomic mass is 10.0. The molecule has 0 aromatic heterocycles. The van der Waals surface area contributed by atoms with Gasteiger partial charge < -0.3 is 10.5 Å². The molecular weight excluding hydrogens is 200 g/mol. The maximum absolute atomic E-state index is 6.16. The summed E-state index contributed by atoms with van der Waals surface area (Å²) in [5, 5.41) is 0. The number of methoxy groups -OCH3 is 1. The van der Waals surface area contributed by atoms with E-state index >= 15 is 0 Å². The number of ether oxygens (including phenoxy) is 1. The topological polar surface area (TPSA) is 38.5 Å². The van der Waals surface area contributed by atoms with Crippen molar-refractivity contribution in [1.29, 1.82) is 0 Å². The first-order valence-corrected chi connectivity index (χ1v) is 6.62. The zero-order valence-electron chi connectivity index (χ0n) is 11.3. The standard InChI is InChI=1S/C13H28N2O/c1-5-13(14)11(3)15(8-9-16-4)10(2)12-6-7-12/h10-13H,5-9,14H2,1-4H3. The van der Waals surface area contributed by atoms with Gasteiger partial charge in [0.15, 0.2) is 0 Å². The summed E-state index contributed by atoms with van der Waals surface area (Å²) in [7, 11) is 1.77. The summed E-state index contributed by atoms with van der Waals surface area (Å²) in [6.07, 6.45) is 3.82. The van der Waals surface area contributed by atoms with E-state index in [2.05, 4.69) is 25.7 Å². The second-order valence-electron chi connectivity index (χ2n) is 5.12. The van der Waals surface area contributed by atoms with Gasteiger partial charge in [0, 0.05) is 31.8 Å². The van der Waals surface area contributed by atoms with Crippen molar-refractivity contribution in [2.75, 3.05) is 20.3 Å². The van der Waals surface area contributed by atoms with Crippen LogP contribution in [-0.2, 0) is 4.74 Å². The van der Waals surface area contributed by atoms with Crippen LogP contribution in [0, 0.1) is 5.92 Å². The average molecular weight is 228 g/mol. The van der Waals surface area contributed by atoms with Crippen LogP contribution < -0.4 is 5.73 Å². The summed E-state index contributed by atoms with van der Waals surface area (Å²) >= 11 is 0. The number of rotatable bonds is 8. The lowest BCUT2D eigenvalue weighted by Gasteiger charge is -2.37. The predicted octanol–water partition coefficient (Wildman–Crippen LogP) is 1.86. The summed E-state index contributed by atoms with van der Waals surface area (Å²) < 4.78 is 5.20. The summed E-state index contributed by atoms with van der Waals surface area (Å²) in [6, 6.07) is 1.39. The van der Waals surface area contributed by atoms with E-state index in [1.165, 1.54) is 12.8 Å². The average Bonchev–Trinajstić information content (AvgIpc) is 3.11. The van der Waals surface area contributed by atoms with Gasteiger partial charge in [-0.05, 0) is 39.0 Å². The molecule has 1 aliphatic rings. The first kappa shape index (κ1) is 13.9. The van der Waals surface area contributed by atoms with Gasteiger partial charge in [0.2, 0.25) is 0 Å². The van der Waals surface area contributed by atoms with E-state index in [0.717, 1.165) is 25.5 Å². The van der Waals surface area contributed by atoms with E-state index in [0.29, 0.717) is 12.1 Å². The highest BCUT2D eigenvalue weighted by atomic mass is 16.5. The zero-order valence-corrected chi connectivity index (χ0v) is 11.3. The van der Waals surface area contributed by atoms with Crippen molar-refractivity contribution < 1.29 is 4.74 Å². The highest BCUT2D eigenvalue weighted by molar-refractivity contribution is 4.89. The molecule has 0 aromatic rings. The van der Waals surface area contributed by atoms with Crippen LogP contribution in [0.15, 0.2) is 0 Å². The lowest BCUT2D eigenvalue weighted by molar-refractivity contribution is 0.0766. The quantitative estimate of drug-likeness (QED) is 0.689. The van der Waals surface area contributed by atoms with E-state index in [-0.39, 0.29) is 6.04 Å². The second-order valence-corrected chi connectivity index (χ2v) is 5.12. The van der Waals surface area contributed by atoms with Crippen molar-refractivity contribution in [2.24, 2.45) is 11.7 Å². The van der Waals surface area contributed by atoms with Crippen LogP contribution in [0.2, 0.25) is 0 Å². The van der Waals surface area contributed by atoms with E-state index in [4.69, 9.17) is 10.5 Å². The lowest BCUT2D eigenvalue weighted by Crippen LogP contribution is -2.51. The SMILES string of the molecule is CCC(N)C(C)N(CCOC)C(C)C1CC1. The van der Waals surface area contributed by atoms with Crippen LogP contribution in [0.5, 0.6) is 0 Å². The van der Waals surface area contributed by atoms with Crippen LogP contribution in [0.4, 0.5) is 0 Å². The molecular formula is C13H28N2O. The molecule has 0 heterocycles. The molecule has 1 aliphatic carbocycles. The number of hydrogen-bond donors (Lipinski definition) is 1. The van der Waals surface area contributed by atoms with Crippen molar-refractivity contribution >= 4 is 0 Å². The maximum Gasteiger partial charge on any atom is 0.0589 e. The molecule has 3 atom stereocenters. The normalized spacial score (nSPS) is 22.1. The molecule has 3 nitrogen and oxygen atoms in total. The van der Waals surface area contributed by atoms with Crippen molar-refractivity contribution in [3.05, 3.63) is 0 Å². The second kappa shape index (κ2) is 6.58. The molecule has 16 heavy (non-hydrogen) atoms. The Morgan fingerprint density at radius 3 is 2.44 bits per heavy atom. The summed E-state index contributed by atoms with van der Waals surface area (Å²) in [5.74, 6) is 0.892. The third kappa shape index (κ3) is 3.72. The molecule has 0 amide bonds. The van der Waals surface area contributed by atoms with Gasteiger partial charge in [0.05, 0.1) is 6.61 Å². The highest BCUT2D eigenvalue weighted by Gasteiger charge is 2.34. The van der Waals surface area contributed by atoms with Gasteiger partial charge in [-0.2, -0.15) is 0 Å². The van der Waals surface area contributed by atoms with Crippen LogP contribution >= 0.6 is 0 Å². The van der Waals surface area contributed by atoms with Crippen molar-refractivity contribution in [3.63, 3.8) is 0 Å². The van der Waals surface area contributed by atoms with Gasteiger partial charge in [-0.15, -0.1) is 0 Å². The monoisotopic (exact) mass is 228 g/mol. The van der Waals surface area contributed by atoms with E-state index in [1.807, 2.05) is 0 Å². The molecule has 2 N–H and O–H groups in total. The number of hydrogen-bond acceptors (Lipinski definition) is 3. The van der Waals surface area contributed by atoms with Crippen LogP contribution in [-0.4, -0.2) is 43.3 Å². The Balaban J connectivity index is 2.53. The largest absolute Gasteiger partial charge is 0.383 e. The number of nitrogens with zero attached hydrogens (tertiary/aromatic N) is 1. The van der Waals surface area contributed by atoms with E-state index < -0.39 is 0 Å². The Kier molecular flexibility index (Phi) is 5.73. The molecule has 0 spiro atoms. The molecule has 1 fully saturated rings. The van der Waals surface area contributed by atoms with Gasteiger partial charge in [0.25, 0.3) is 0 Å². The van der Waals surface area contributed by atoms with Crippen LogP contribution in [0.1, 0.15) is 40.0 Å². The van der Waals surface area contributed by atoms with Gasteiger partial charge in [-0.3, -0.25) is 4.90 Å². The minimum absolute atomic E-state index is 0.276. The zero-order chi connectivity index (χ0) is 12.1. The first-order valence-electron chi connectivity index (χ1n) is 6.62. The fourth-order valence-electron chi connectivity index (χ4n) is 2.41. The van der Waals surface area contributed by atoms with Gasteiger partial charge in [0.1, 0.15) is 0 Å². The highest BCUT2D eigenvalue weighted by Crippen LogP contribution is 2.36. The van der Waals surface area contributed by atoms with Crippen molar-refractivity contribution in [3.8, 4) is 0 Å². The first-order chi connectivity index (χ1) is 7.61. The summed E-state index contributed by atoms with van der Waals surface area (Å²) in [5.41, 5.74) is 6.16. The van der Waals surface area contributed by atoms with Crippen LogP contribution in [0.25, 0.3) is 0 Å². The fraction of sp³-hybridized carbons (Fsp3) is 1.00. The van der Waals surface area contributed by atoms with E-state index in [9.17, 15) is 0 Å². The number of nitrogens with two attached hydrogens (primary N) is 1. The molecule has 1 rings (SSSR count). The molecule has 3 heteroatoms. The van der Waals surface area contributed by atoms with Crippen LogP contribution in [0.3, 0.4) is 0 Å². The third-order valence-corrected chi connectivity index (χ3v) is 4.00. The van der Waals surface area contributed by atoms with Gasteiger partial charge in [-0.1, -0.05) is 6.92 Å². The van der Waals surface area contributed by atoms with Crippen molar-refractivity contribution in [2.45, 2.75) is 58.2 Å². The molecule has 1 saturated carbocycles. The minimum Gasteiger partial charge on any atom is -0.383 e. The molecule has 0 bridgehead atoms. The van der Waals surface area contributed by atoms with Gasteiger partial charge in [-0.25, -0.2) is 0 Å². The molecule has 0 aliphatic heterocycles. The summed E-state index contributed by atoms with van der Waals surface area (Å²) in [4.78, 5) is 2.54. The smallest absolute Gasteiger partial charge is 0.0589 e. The molecule has 0 radical (unpaired) electrons. The molecule has 0 aromatic carbocycles. The Hall–Kier alpha value is -0.120. The van der Waals surface area contributed by atoms with Crippen molar-refractivity contribution in [1.82, 2.24) is 4.90 Å². The fourth-order valence-corrected chi connectivity index (χ4v) is 2.41. The summed E-state index contributed by atoms with van der Waals surface area (Å²) in [6.45, 7) is 8.56. The Morgan fingerprint density at radius 2 is 2.00 bits per heavy atom. The molecule has 0 saturated heterocycles. The predicted molar refractivity (Wildman–Crippen MR) is 68.5 cm³/mol. The third-order valence-electron chi connectivity index (χ3n) is 4.00. The van der Waals surface area contributed by atoms with E-state index in [1.54, 1.807) is 7.11 Å². The van der Waals surface area contributed by atoms with Gasteiger partial charge >= 0.3 is 0 Å². The Morgan fingerprint density at radius 1 is 1.38 bits per heavy atom. The molecule has 96 valence electrons. The maximum atomic E-state index is 6.16. The molecule has 3 unspecified atom stereocenters. The Labute approximate surface area is 100 Å². The minimum atomic E-state index is 0.276. The Bertz CT molecular complexity index is 194.